The highest BCUT2D eigenvalue weighted by atomic mass is 32.2. The number of nitrogens with zero attached hydrogens (tertiary/aromatic N) is 3. The summed E-state index contributed by atoms with van der Waals surface area (Å²) in [5, 5.41) is 2.86. The minimum absolute atomic E-state index is 0.00488. The quantitative estimate of drug-likeness (QED) is 0.693. The molecule has 3 saturated heterocycles. The first-order valence-electron chi connectivity index (χ1n) is 10.8. The van der Waals surface area contributed by atoms with Crippen LogP contribution in [0.25, 0.3) is 0 Å². The Kier molecular flexibility index (Phi) is 5.78. The summed E-state index contributed by atoms with van der Waals surface area (Å²) in [6.07, 6.45) is 1.88. The largest absolute Gasteiger partial charge is 0.338 e. The van der Waals surface area contributed by atoms with Crippen LogP contribution >= 0.6 is 0 Å². The SMILES string of the molecule is CCS(=O)(=O)N1CCC[C@H](N2C(=O)NC3(CCN(C(=O)c4ccccc4)CC3)C2=O)C1. The van der Waals surface area contributed by atoms with Gasteiger partial charge in [-0.1, -0.05) is 18.2 Å². The van der Waals surface area contributed by atoms with Crippen LogP contribution in [0.2, 0.25) is 0 Å². The summed E-state index contributed by atoms with van der Waals surface area (Å²) in [6, 6.07) is 8.06. The molecule has 3 fully saturated rings. The van der Waals surface area contributed by atoms with Crippen molar-refractivity contribution < 1.29 is 22.8 Å². The summed E-state index contributed by atoms with van der Waals surface area (Å²) in [6.45, 7) is 2.89. The van der Waals surface area contributed by atoms with Crippen molar-refractivity contribution in [1.82, 2.24) is 19.4 Å². The number of nitrogens with one attached hydrogen (secondary N) is 1. The summed E-state index contributed by atoms with van der Waals surface area (Å²) < 4.78 is 25.9. The van der Waals surface area contributed by atoms with Crippen molar-refractivity contribution in [2.75, 3.05) is 31.9 Å². The van der Waals surface area contributed by atoms with Gasteiger partial charge in [-0.2, -0.15) is 4.31 Å². The lowest BCUT2D eigenvalue weighted by molar-refractivity contribution is -0.134. The fraction of sp³-hybridized carbons (Fsp3) is 0.571. The molecule has 1 atom stereocenters. The first kappa shape index (κ1) is 21.8. The highest BCUT2D eigenvalue weighted by Crippen LogP contribution is 2.33. The molecule has 3 aliphatic heterocycles. The molecule has 168 valence electrons. The number of hydrogen-bond donors (Lipinski definition) is 1. The third-order valence-electron chi connectivity index (χ3n) is 6.60. The summed E-state index contributed by atoms with van der Waals surface area (Å²) in [4.78, 5) is 41.7. The van der Waals surface area contributed by atoms with Crippen molar-refractivity contribution in [2.24, 2.45) is 0 Å². The molecular formula is C21H28N4O5S. The highest BCUT2D eigenvalue weighted by molar-refractivity contribution is 7.89. The van der Waals surface area contributed by atoms with Gasteiger partial charge in [0.2, 0.25) is 10.0 Å². The fourth-order valence-electron chi connectivity index (χ4n) is 4.73. The molecule has 0 bridgehead atoms. The number of benzene rings is 1. The highest BCUT2D eigenvalue weighted by Gasteiger charge is 2.55. The molecule has 1 spiro atoms. The first-order chi connectivity index (χ1) is 14.8. The zero-order valence-electron chi connectivity index (χ0n) is 17.6. The van der Waals surface area contributed by atoms with E-state index in [1.165, 1.54) is 9.21 Å². The minimum atomic E-state index is -3.38. The molecule has 31 heavy (non-hydrogen) atoms. The molecule has 4 rings (SSSR count). The number of amides is 4. The van der Waals surface area contributed by atoms with E-state index in [1.54, 1.807) is 24.0 Å². The normalized spacial score (nSPS) is 24.5. The van der Waals surface area contributed by atoms with Gasteiger partial charge in [-0.15, -0.1) is 0 Å². The van der Waals surface area contributed by atoms with Crippen LogP contribution in [0.3, 0.4) is 0 Å². The Hall–Kier alpha value is -2.46. The zero-order chi connectivity index (χ0) is 22.2. The summed E-state index contributed by atoms with van der Waals surface area (Å²) >= 11 is 0. The van der Waals surface area contributed by atoms with Gasteiger partial charge in [0.25, 0.3) is 11.8 Å². The van der Waals surface area contributed by atoms with Crippen LogP contribution in [-0.2, 0) is 14.8 Å². The topological polar surface area (TPSA) is 107 Å². The number of piperidine rings is 2. The van der Waals surface area contributed by atoms with E-state index in [2.05, 4.69) is 5.32 Å². The average Bonchev–Trinajstić information content (AvgIpc) is 3.03. The molecule has 4 amide bonds. The maximum absolute atomic E-state index is 13.3. The number of imide groups is 1. The van der Waals surface area contributed by atoms with Gasteiger partial charge in [-0.25, -0.2) is 13.2 Å². The van der Waals surface area contributed by atoms with Crippen molar-refractivity contribution in [1.29, 1.82) is 0 Å². The third-order valence-corrected chi connectivity index (χ3v) is 8.45. The Morgan fingerprint density at radius 2 is 1.81 bits per heavy atom. The molecule has 0 saturated carbocycles. The molecule has 10 heteroatoms. The molecule has 1 aromatic carbocycles. The second kappa shape index (κ2) is 8.23. The molecular weight excluding hydrogens is 420 g/mol. The molecule has 0 radical (unpaired) electrons. The van der Waals surface area contributed by atoms with E-state index in [-0.39, 0.29) is 24.1 Å². The number of sulfonamides is 1. The molecule has 0 aromatic heterocycles. The van der Waals surface area contributed by atoms with Crippen molar-refractivity contribution in [3.05, 3.63) is 35.9 Å². The minimum Gasteiger partial charge on any atom is -0.338 e. The smallest absolute Gasteiger partial charge is 0.325 e. The Morgan fingerprint density at radius 3 is 2.45 bits per heavy atom. The molecule has 0 aliphatic carbocycles. The summed E-state index contributed by atoms with van der Waals surface area (Å²) in [7, 11) is -3.38. The van der Waals surface area contributed by atoms with Gasteiger partial charge in [0, 0.05) is 31.7 Å². The zero-order valence-corrected chi connectivity index (χ0v) is 18.4. The molecule has 1 N–H and O–H groups in total. The standard InChI is InChI=1S/C21H28N4O5S/c1-2-31(29,30)24-12-6-9-17(15-24)25-19(27)21(22-20(25)28)10-13-23(14-11-21)18(26)16-7-4-3-5-8-16/h3-5,7-8,17H,2,6,9-15H2,1H3,(H,22,28)/t17-/m0/s1. The molecule has 3 heterocycles. The molecule has 0 unspecified atom stereocenters. The lowest BCUT2D eigenvalue weighted by Crippen LogP contribution is -2.57. The van der Waals surface area contributed by atoms with E-state index in [1.807, 2.05) is 18.2 Å². The van der Waals surface area contributed by atoms with Gasteiger partial charge in [-0.3, -0.25) is 14.5 Å². The summed E-state index contributed by atoms with van der Waals surface area (Å²) in [5.41, 5.74) is -0.419. The maximum Gasteiger partial charge on any atom is 0.325 e. The molecule has 9 nitrogen and oxygen atoms in total. The van der Waals surface area contributed by atoms with Gasteiger partial charge in [0.05, 0.1) is 11.8 Å². The fourth-order valence-corrected chi connectivity index (χ4v) is 5.91. The van der Waals surface area contributed by atoms with Crippen LogP contribution in [0.4, 0.5) is 4.79 Å². The second-order valence-corrected chi connectivity index (χ2v) is 10.7. The predicted octanol–water partition coefficient (Wildman–Crippen LogP) is 1.03. The van der Waals surface area contributed by atoms with Crippen molar-refractivity contribution in [2.45, 2.75) is 44.2 Å². The Bertz CT molecular complexity index is 973. The lowest BCUT2D eigenvalue weighted by Gasteiger charge is -2.38. The van der Waals surface area contributed by atoms with E-state index in [0.717, 1.165) is 0 Å². The van der Waals surface area contributed by atoms with Gasteiger partial charge >= 0.3 is 6.03 Å². The first-order valence-corrected chi connectivity index (χ1v) is 12.4. The molecule has 3 aliphatic rings. The van der Waals surface area contributed by atoms with Crippen molar-refractivity contribution in [3.63, 3.8) is 0 Å². The van der Waals surface area contributed by atoms with Crippen LogP contribution in [0.1, 0.15) is 43.0 Å². The number of carbonyl (C=O) groups excluding carboxylic acids is 3. The van der Waals surface area contributed by atoms with Crippen LogP contribution < -0.4 is 5.32 Å². The number of carbonyl (C=O) groups is 3. The number of urea groups is 1. The average molecular weight is 449 g/mol. The Labute approximate surface area is 182 Å². The van der Waals surface area contributed by atoms with Gasteiger partial charge < -0.3 is 10.2 Å². The van der Waals surface area contributed by atoms with E-state index in [4.69, 9.17) is 0 Å². The van der Waals surface area contributed by atoms with Crippen molar-refractivity contribution in [3.8, 4) is 0 Å². The Balaban J connectivity index is 1.45. The third kappa shape index (κ3) is 3.94. The Morgan fingerprint density at radius 1 is 1.13 bits per heavy atom. The van der Waals surface area contributed by atoms with E-state index >= 15 is 0 Å². The van der Waals surface area contributed by atoms with Crippen LogP contribution in [-0.4, -0.2) is 83.9 Å². The van der Waals surface area contributed by atoms with Gasteiger partial charge in [0.15, 0.2) is 0 Å². The van der Waals surface area contributed by atoms with Gasteiger partial charge in [0.1, 0.15) is 5.54 Å². The monoisotopic (exact) mass is 448 g/mol. The van der Waals surface area contributed by atoms with Crippen molar-refractivity contribution >= 4 is 27.9 Å². The number of hydrogen-bond acceptors (Lipinski definition) is 5. The second-order valence-electron chi connectivity index (χ2n) is 8.40. The lowest BCUT2D eigenvalue weighted by atomic mass is 9.86. The van der Waals surface area contributed by atoms with E-state index in [9.17, 15) is 22.8 Å². The van der Waals surface area contributed by atoms with Crippen LogP contribution in [0, 0.1) is 0 Å². The maximum atomic E-state index is 13.3. The predicted molar refractivity (Wildman–Crippen MR) is 114 cm³/mol. The van der Waals surface area contributed by atoms with Crippen LogP contribution in [0.5, 0.6) is 0 Å². The summed E-state index contributed by atoms with van der Waals surface area (Å²) in [5.74, 6) is -0.392. The van der Waals surface area contributed by atoms with E-state index in [0.29, 0.717) is 50.9 Å². The number of likely N-dealkylation sites (tertiary alicyclic amines) is 1. The molecule has 1 aromatic rings. The van der Waals surface area contributed by atoms with Crippen LogP contribution in [0.15, 0.2) is 30.3 Å². The van der Waals surface area contributed by atoms with Gasteiger partial charge in [-0.05, 0) is 44.7 Å². The number of rotatable bonds is 4. The van der Waals surface area contributed by atoms with E-state index < -0.39 is 27.6 Å².